The van der Waals surface area contributed by atoms with E-state index in [-0.39, 0.29) is 5.91 Å². The van der Waals surface area contributed by atoms with Gasteiger partial charge in [0.05, 0.1) is 12.0 Å². The smallest absolute Gasteiger partial charge is 0.250 e. The molecule has 0 unspecified atom stereocenters. The summed E-state index contributed by atoms with van der Waals surface area (Å²) in [6, 6.07) is 18.5. The minimum Gasteiger partial charge on any atom is -0.372 e. The number of carbonyl (C=O) groups excluding carboxylic acids is 1. The average Bonchev–Trinajstić information content (AvgIpc) is 2.68. The predicted molar refractivity (Wildman–Crippen MR) is 113 cm³/mol. The fraction of sp³-hybridized carbons (Fsp3) is 0.333. The first-order valence-corrected chi connectivity index (χ1v) is 10.2. The largest absolute Gasteiger partial charge is 0.372 e. The van der Waals surface area contributed by atoms with Crippen LogP contribution in [-0.2, 0) is 11.2 Å². The van der Waals surface area contributed by atoms with Gasteiger partial charge < -0.3 is 4.90 Å². The highest BCUT2D eigenvalue weighted by molar-refractivity contribution is 7.99. The Kier molecular flexibility index (Phi) is 8.76. The molecule has 1 N–H and O–H groups in total. The number of carbonyl (C=O) groups is 1. The van der Waals surface area contributed by atoms with Crippen LogP contribution in [0.2, 0.25) is 0 Å². The topological polar surface area (TPSA) is 44.7 Å². The van der Waals surface area contributed by atoms with Crippen molar-refractivity contribution in [3.05, 3.63) is 65.7 Å². The lowest BCUT2D eigenvalue weighted by atomic mass is 10.2. The molecule has 1 amide bonds. The van der Waals surface area contributed by atoms with Gasteiger partial charge in [-0.15, -0.1) is 0 Å². The summed E-state index contributed by atoms with van der Waals surface area (Å²) < 4.78 is 0. The summed E-state index contributed by atoms with van der Waals surface area (Å²) in [7, 11) is 0. The van der Waals surface area contributed by atoms with Crippen molar-refractivity contribution < 1.29 is 4.79 Å². The van der Waals surface area contributed by atoms with Crippen molar-refractivity contribution in [3.8, 4) is 0 Å². The summed E-state index contributed by atoms with van der Waals surface area (Å²) in [5, 5.41) is 4.04. The van der Waals surface area contributed by atoms with E-state index in [9.17, 15) is 4.79 Å². The van der Waals surface area contributed by atoms with E-state index in [4.69, 9.17) is 0 Å². The van der Waals surface area contributed by atoms with Crippen molar-refractivity contribution in [2.45, 2.75) is 20.3 Å². The van der Waals surface area contributed by atoms with Crippen LogP contribution in [0.5, 0.6) is 0 Å². The summed E-state index contributed by atoms with van der Waals surface area (Å²) in [4.78, 5) is 14.1. The molecule has 2 aromatic rings. The highest BCUT2D eigenvalue weighted by Crippen LogP contribution is 2.14. The van der Waals surface area contributed by atoms with E-state index in [0.29, 0.717) is 5.75 Å². The number of benzene rings is 2. The van der Waals surface area contributed by atoms with Gasteiger partial charge in [0.2, 0.25) is 5.91 Å². The molecular formula is C21H27N3OS. The number of amides is 1. The standard InChI is InChI=1S/C21H27N3OS/c1-3-24(4-2)20-12-10-19(11-13-20)16-22-23-21(25)17-26-15-14-18-8-6-5-7-9-18/h5-13,16H,3-4,14-15,17H2,1-2H3,(H,23,25)/b22-16-. The molecule has 0 fully saturated rings. The Hall–Kier alpha value is -2.27. The molecule has 5 heteroatoms. The maximum atomic E-state index is 11.8. The fourth-order valence-corrected chi connectivity index (χ4v) is 3.34. The molecule has 0 heterocycles. The SMILES string of the molecule is CCN(CC)c1ccc(/C=N\NC(=O)CSCCc2ccccc2)cc1. The summed E-state index contributed by atoms with van der Waals surface area (Å²) in [5.41, 5.74) is 6.06. The van der Waals surface area contributed by atoms with Gasteiger partial charge >= 0.3 is 0 Å². The van der Waals surface area contributed by atoms with Gasteiger partial charge in [-0.2, -0.15) is 16.9 Å². The van der Waals surface area contributed by atoms with Gasteiger partial charge in [-0.05, 0) is 49.3 Å². The van der Waals surface area contributed by atoms with Gasteiger partial charge in [-0.3, -0.25) is 4.79 Å². The van der Waals surface area contributed by atoms with Crippen molar-refractivity contribution in [2.24, 2.45) is 5.10 Å². The van der Waals surface area contributed by atoms with E-state index in [0.717, 1.165) is 30.8 Å². The summed E-state index contributed by atoms with van der Waals surface area (Å²) in [5.74, 6) is 1.28. The third kappa shape index (κ3) is 6.92. The molecule has 0 radical (unpaired) electrons. The van der Waals surface area contributed by atoms with Crippen molar-refractivity contribution in [1.82, 2.24) is 5.43 Å². The number of aryl methyl sites for hydroxylation is 1. The Morgan fingerprint density at radius 1 is 1.08 bits per heavy atom. The average molecular weight is 370 g/mol. The molecule has 2 rings (SSSR count). The quantitative estimate of drug-likeness (QED) is 0.392. The van der Waals surface area contributed by atoms with Gasteiger partial charge in [0.15, 0.2) is 0 Å². The highest BCUT2D eigenvalue weighted by Gasteiger charge is 2.02. The van der Waals surface area contributed by atoms with Gasteiger partial charge in [0, 0.05) is 18.8 Å². The lowest BCUT2D eigenvalue weighted by molar-refractivity contribution is -0.118. The van der Waals surface area contributed by atoms with Crippen LogP contribution in [0.1, 0.15) is 25.0 Å². The zero-order valence-electron chi connectivity index (χ0n) is 15.5. The Bertz CT molecular complexity index is 682. The summed E-state index contributed by atoms with van der Waals surface area (Å²) >= 11 is 1.62. The molecule has 4 nitrogen and oxygen atoms in total. The second-order valence-electron chi connectivity index (χ2n) is 5.85. The number of hydrogen-bond donors (Lipinski definition) is 1. The van der Waals surface area contributed by atoms with Crippen LogP contribution in [0.15, 0.2) is 59.7 Å². The first-order chi connectivity index (χ1) is 12.7. The predicted octanol–water partition coefficient (Wildman–Crippen LogP) is 3.96. The Labute approximate surface area is 160 Å². The van der Waals surface area contributed by atoms with E-state index in [2.05, 4.69) is 53.5 Å². The van der Waals surface area contributed by atoms with Gasteiger partial charge in [-0.25, -0.2) is 5.43 Å². The summed E-state index contributed by atoms with van der Waals surface area (Å²) in [6.07, 6.45) is 2.65. The van der Waals surface area contributed by atoms with Crippen LogP contribution >= 0.6 is 11.8 Å². The normalized spacial score (nSPS) is 10.8. The van der Waals surface area contributed by atoms with Crippen LogP contribution in [0.3, 0.4) is 0 Å². The van der Waals surface area contributed by atoms with Crippen molar-refractivity contribution in [2.75, 3.05) is 29.5 Å². The van der Waals surface area contributed by atoms with E-state index in [1.807, 2.05) is 30.3 Å². The molecule has 0 saturated carbocycles. The van der Waals surface area contributed by atoms with Crippen LogP contribution < -0.4 is 10.3 Å². The van der Waals surface area contributed by atoms with Crippen molar-refractivity contribution in [1.29, 1.82) is 0 Å². The van der Waals surface area contributed by atoms with E-state index >= 15 is 0 Å². The number of hydrazone groups is 1. The Balaban J connectivity index is 1.68. The zero-order chi connectivity index (χ0) is 18.6. The molecule has 0 spiro atoms. The zero-order valence-corrected chi connectivity index (χ0v) is 16.3. The minimum atomic E-state index is -0.0703. The number of thioether (sulfide) groups is 1. The molecule has 0 aromatic heterocycles. The number of nitrogens with zero attached hydrogens (tertiary/aromatic N) is 2. The molecule has 0 aliphatic rings. The van der Waals surface area contributed by atoms with Crippen LogP contribution in [0.25, 0.3) is 0 Å². The molecule has 0 aliphatic heterocycles. The first kappa shape index (κ1) is 20.0. The lowest BCUT2D eigenvalue weighted by Gasteiger charge is -2.20. The number of nitrogens with one attached hydrogen (secondary N) is 1. The number of hydrogen-bond acceptors (Lipinski definition) is 4. The van der Waals surface area contributed by atoms with Gasteiger partial charge in [0.25, 0.3) is 0 Å². The third-order valence-electron chi connectivity index (χ3n) is 4.04. The molecule has 0 atom stereocenters. The molecule has 138 valence electrons. The highest BCUT2D eigenvalue weighted by atomic mass is 32.2. The van der Waals surface area contributed by atoms with Crippen LogP contribution in [0, 0.1) is 0 Å². The molecule has 26 heavy (non-hydrogen) atoms. The molecule has 0 bridgehead atoms. The van der Waals surface area contributed by atoms with Crippen molar-refractivity contribution in [3.63, 3.8) is 0 Å². The number of anilines is 1. The second-order valence-corrected chi connectivity index (χ2v) is 6.95. The summed E-state index contributed by atoms with van der Waals surface area (Å²) in [6.45, 7) is 6.27. The van der Waals surface area contributed by atoms with Gasteiger partial charge in [-0.1, -0.05) is 42.5 Å². The van der Waals surface area contributed by atoms with Crippen molar-refractivity contribution >= 4 is 29.6 Å². The number of rotatable bonds is 10. The third-order valence-corrected chi connectivity index (χ3v) is 4.99. The van der Waals surface area contributed by atoms with Crippen LogP contribution in [-0.4, -0.2) is 36.7 Å². The lowest BCUT2D eigenvalue weighted by Crippen LogP contribution is -2.21. The maximum Gasteiger partial charge on any atom is 0.250 e. The Morgan fingerprint density at radius 2 is 1.77 bits per heavy atom. The molecule has 0 aliphatic carbocycles. The molecular weight excluding hydrogens is 342 g/mol. The van der Waals surface area contributed by atoms with Crippen LogP contribution in [0.4, 0.5) is 5.69 Å². The minimum absolute atomic E-state index is 0.0703. The van der Waals surface area contributed by atoms with E-state index < -0.39 is 0 Å². The van der Waals surface area contributed by atoms with E-state index in [1.54, 1.807) is 18.0 Å². The van der Waals surface area contributed by atoms with E-state index in [1.165, 1.54) is 11.3 Å². The fourth-order valence-electron chi connectivity index (χ4n) is 2.57. The Morgan fingerprint density at radius 3 is 2.42 bits per heavy atom. The van der Waals surface area contributed by atoms with Gasteiger partial charge in [0.1, 0.15) is 0 Å². The monoisotopic (exact) mass is 369 g/mol. The molecule has 0 saturated heterocycles. The first-order valence-electron chi connectivity index (χ1n) is 9.01. The molecule has 2 aromatic carbocycles. The second kappa shape index (κ2) is 11.4. The maximum absolute atomic E-state index is 11.8.